The van der Waals surface area contributed by atoms with Gasteiger partial charge in [-0.1, -0.05) is 0 Å². The molecule has 1 aromatic heterocycles. The molecule has 0 aromatic carbocycles. The van der Waals surface area contributed by atoms with E-state index in [9.17, 15) is 9.59 Å². The number of aliphatic hydroxyl groups is 2. The maximum atomic E-state index is 11.8. The number of thiazole rings is 1. The third kappa shape index (κ3) is 3.76. The van der Waals surface area contributed by atoms with E-state index in [2.05, 4.69) is 15.6 Å². The molecule has 4 N–H and O–H groups in total. The van der Waals surface area contributed by atoms with Gasteiger partial charge in [-0.2, -0.15) is 0 Å². The molecule has 1 aromatic rings. The molecule has 1 rings (SSSR count). The third-order valence-electron chi connectivity index (χ3n) is 2.13. The highest BCUT2D eigenvalue weighted by atomic mass is 32.1. The summed E-state index contributed by atoms with van der Waals surface area (Å²) in [6.07, 6.45) is 0. The Morgan fingerprint density at radius 2 is 2.06 bits per heavy atom. The molecule has 0 atom stereocenters. The van der Waals surface area contributed by atoms with Gasteiger partial charge in [-0.05, 0) is 6.92 Å². The van der Waals surface area contributed by atoms with Crippen molar-refractivity contribution in [3.63, 3.8) is 0 Å². The average molecular weight is 273 g/mol. The molecule has 1 heterocycles. The Kier molecular flexibility index (Phi) is 4.76. The predicted octanol–water partition coefficient (Wildman–Crippen LogP) is -0.425. The average Bonchev–Trinajstić information content (AvgIpc) is 2.76. The van der Waals surface area contributed by atoms with E-state index in [1.807, 2.05) is 0 Å². The number of nitrogens with one attached hydrogen (secondary N) is 2. The van der Waals surface area contributed by atoms with Crippen LogP contribution in [0.2, 0.25) is 0 Å². The molecule has 7 nitrogen and oxygen atoms in total. The van der Waals surface area contributed by atoms with Crippen LogP contribution in [0, 0.1) is 0 Å². The Bertz CT molecular complexity index is 442. The molecule has 0 fully saturated rings. The molecule has 0 aliphatic heterocycles. The number of aromatic nitrogens is 1. The van der Waals surface area contributed by atoms with Crippen molar-refractivity contribution in [1.82, 2.24) is 10.3 Å². The van der Waals surface area contributed by atoms with Crippen LogP contribution in [-0.2, 0) is 4.79 Å². The molecule has 100 valence electrons. The van der Waals surface area contributed by atoms with Crippen molar-refractivity contribution in [2.45, 2.75) is 19.4 Å². The summed E-state index contributed by atoms with van der Waals surface area (Å²) in [5, 5.41) is 24.8. The lowest BCUT2D eigenvalue weighted by molar-refractivity contribution is -0.114. The zero-order valence-corrected chi connectivity index (χ0v) is 10.9. The Morgan fingerprint density at radius 3 is 2.56 bits per heavy atom. The Labute approximate surface area is 108 Å². The minimum absolute atomic E-state index is 0.122. The summed E-state index contributed by atoms with van der Waals surface area (Å²) in [4.78, 5) is 26.5. The van der Waals surface area contributed by atoms with Crippen molar-refractivity contribution in [2.75, 3.05) is 18.5 Å². The molecule has 8 heteroatoms. The highest BCUT2D eigenvalue weighted by Crippen LogP contribution is 2.15. The quantitative estimate of drug-likeness (QED) is 0.582. The van der Waals surface area contributed by atoms with Gasteiger partial charge in [-0.3, -0.25) is 9.59 Å². The van der Waals surface area contributed by atoms with Gasteiger partial charge in [-0.15, -0.1) is 11.3 Å². The van der Waals surface area contributed by atoms with Crippen LogP contribution < -0.4 is 10.6 Å². The van der Waals surface area contributed by atoms with Crippen LogP contribution in [0.4, 0.5) is 5.13 Å². The number of carbonyl (C=O) groups is 2. The van der Waals surface area contributed by atoms with Crippen molar-refractivity contribution < 1.29 is 19.8 Å². The summed E-state index contributed by atoms with van der Waals surface area (Å²) in [6, 6.07) is 0. The number of nitrogens with zero attached hydrogens (tertiary/aromatic N) is 1. The van der Waals surface area contributed by atoms with Crippen LogP contribution in [0.5, 0.6) is 0 Å². The largest absolute Gasteiger partial charge is 0.394 e. The molecule has 0 saturated carbocycles. The van der Waals surface area contributed by atoms with Crippen molar-refractivity contribution >= 4 is 28.3 Å². The molecule has 0 saturated heterocycles. The molecular weight excluding hydrogens is 258 g/mol. The number of anilines is 1. The SMILES string of the molecule is CC(=O)Nc1nc(C(=O)NC(C)(CO)CO)cs1. The van der Waals surface area contributed by atoms with Crippen LogP contribution in [0.1, 0.15) is 24.3 Å². The lowest BCUT2D eigenvalue weighted by Crippen LogP contribution is -2.51. The lowest BCUT2D eigenvalue weighted by atomic mass is 10.1. The van der Waals surface area contributed by atoms with Crippen LogP contribution in [0.15, 0.2) is 5.38 Å². The van der Waals surface area contributed by atoms with Gasteiger partial charge in [0.05, 0.1) is 18.8 Å². The van der Waals surface area contributed by atoms with E-state index in [4.69, 9.17) is 10.2 Å². The van der Waals surface area contributed by atoms with Crippen molar-refractivity contribution in [2.24, 2.45) is 0 Å². The first-order valence-corrected chi connectivity index (χ1v) is 6.05. The monoisotopic (exact) mass is 273 g/mol. The number of hydrogen-bond donors (Lipinski definition) is 4. The van der Waals surface area contributed by atoms with E-state index in [1.54, 1.807) is 0 Å². The van der Waals surface area contributed by atoms with Crippen molar-refractivity contribution in [3.05, 3.63) is 11.1 Å². The summed E-state index contributed by atoms with van der Waals surface area (Å²) in [6.45, 7) is 2.07. The summed E-state index contributed by atoms with van der Waals surface area (Å²) >= 11 is 1.12. The molecule has 0 aliphatic carbocycles. The van der Waals surface area contributed by atoms with Crippen LogP contribution in [0.3, 0.4) is 0 Å². The first-order chi connectivity index (χ1) is 8.40. The Hall–Kier alpha value is -1.51. The second-order valence-electron chi connectivity index (χ2n) is 4.05. The molecule has 0 radical (unpaired) electrons. The summed E-state index contributed by atoms with van der Waals surface area (Å²) < 4.78 is 0. The van der Waals surface area contributed by atoms with Gasteiger partial charge in [0.1, 0.15) is 5.69 Å². The fraction of sp³-hybridized carbons (Fsp3) is 0.500. The lowest BCUT2D eigenvalue weighted by Gasteiger charge is -2.25. The van der Waals surface area contributed by atoms with Gasteiger partial charge >= 0.3 is 0 Å². The molecular formula is C10H15N3O4S. The first kappa shape index (κ1) is 14.6. The second kappa shape index (κ2) is 5.89. The number of hydrogen-bond acceptors (Lipinski definition) is 6. The van der Waals surface area contributed by atoms with E-state index in [-0.39, 0.29) is 11.6 Å². The predicted molar refractivity (Wildman–Crippen MR) is 66.5 cm³/mol. The third-order valence-corrected chi connectivity index (χ3v) is 2.89. The highest BCUT2D eigenvalue weighted by Gasteiger charge is 2.26. The molecule has 18 heavy (non-hydrogen) atoms. The number of rotatable bonds is 5. The zero-order chi connectivity index (χ0) is 13.8. The first-order valence-electron chi connectivity index (χ1n) is 5.17. The fourth-order valence-electron chi connectivity index (χ4n) is 1.05. The Morgan fingerprint density at radius 1 is 1.44 bits per heavy atom. The summed E-state index contributed by atoms with van der Waals surface area (Å²) in [7, 11) is 0. The van der Waals surface area contributed by atoms with Crippen molar-refractivity contribution in [3.8, 4) is 0 Å². The summed E-state index contributed by atoms with van der Waals surface area (Å²) in [5.74, 6) is -0.791. The smallest absolute Gasteiger partial charge is 0.271 e. The van der Waals surface area contributed by atoms with Gasteiger partial charge in [0.25, 0.3) is 5.91 Å². The second-order valence-corrected chi connectivity index (χ2v) is 4.91. The zero-order valence-electron chi connectivity index (χ0n) is 10.1. The topological polar surface area (TPSA) is 112 Å². The van der Waals surface area contributed by atoms with Crippen molar-refractivity contribution in [1.29, 1.82) is 0 Å². The van der Waals surface area contributed by atoms with E-state index >= 15 is 0 Å². The number of carbonyl (C=O) groups excluding carboxylic acids is 2. The van der Waals surface area contributed by atoms with E-state index < -0.39 is 24.7 Å². The maximum Gasteiger partial charge on any atom is 0.271 e. The standard InChI is InChI=1S/C10H15N3O4S/c1-6(16)11-9-12-7(3-18-9)8(17)13-10(2,4-14)5-15/h3,14-15H,4-5H2,1-2H3,(H,13,17)(H,11,12,16). The van der Waals surface area contributed by atoms with Crippen LogP contribution >= 0.6 is 11.3 Å². The van der Waals surface area contributed by atoms with Gasteiger partial charge < -0.3 is 20.8 Å². The van der Waals surface area contributed by atoms with Gasteiger partial charge in [0.15, 0.2) is 5.13 Å². The molecule has 0 unspecified atom stereocenters. The number of amides is 2. The van der Waals surface area contributed by atoms with Crippen LogP contribution in [0.25, 0.3) is 0 Å². The van der Waals surface area contributed by atoms with Crippen LogP contribution in [-0.4, -0.2) is 45.8 Å². The molecule has 2 amide bonds. The maximum absolute atomic E-state index is 11.8. The van der Waals surface area contributed by atoms with E-state index in [1.165, 1.54) is 19.2 Å². The van der Waals surface area contributed by atoms with Gasteiger partial charge in [0, 0.05) is 12.3 Å². The van der Waals surface area contributed by atoms with Gasteiger partial charge in [0.2, 0.25) is 5.91 Å². The van der Waals surface area contributed by atoms with E-state index in [0.717, 1.165) is 11.3 Å². The highest BCUT2D eigenvalue weighted by molar-refractivity contribution is 7.14. The summed E-state index contributed by atoms with van der Waals surface area (Å²) in [5.41, 5.74) is -0.980. The molecule has 0 spiro atoms. The van der Waals surface area contributed by atoms with Gasteiger partial charge in [-0.25, -0.2) is 4.98 Å². The minimum Gasteiger partial charge on any atom is -0.394 e. The number of aliphatic hydroxyl groups excluding tert-OH is 2. The van der Waals surface area contributed by atoms with E-state index in [0.29, 0.717) is 5.13 Å². The fourth-order valence-corrected chi connectivity index (χ4v) is 1.79. The Balaban J connectivity index is 2.73. The normalized spacial score (nSPS) is 11.1. The minimum atomic E-state index is -1.10. The molecule has 0 aliphatic rings. The molecule has 0 bridgehead atoms.